The van der Waals surface area contributed by atoms with Gasteiger partial charge >= 0.3 is 0 Å². The maximum atomic E-state index is 11.7. The highest BCUT2D eigenvalue weighted by Crippen LogP contribution is 2.01. The number of hydrogen-bond donors (Lipinski definition) is 2. The second-order valence-corrected chi connectivity index (χ2v) is 3.93. The van der Waals surface area contributed by atoms with Gasteiger partial charge in [0.1, 0.15) is 0 Å². The average molecular weight is 229 g/mol. The van der Waals surface area contributed by atoms with Gasteiger partial charge in [-0.2, -0.15) is 0 Å². The van der Waals surface area contributed by atoms with Crippen molar-refractivity contribution in [2.45, 2.75) is 38.6 Å². The van der Waals surface area contributed by atoms with E-state index in [9.17, 15) is 9.59 Å². The molecule has 0 radical (unpaired) electrons. The highest BCUT2D eigenvalue weighted by atomic mass is 16.2. The monoisotopic (exact) mass is 229 g/mol. The van der Waals surface area contributed by atoms with Gasteiger partial charge in [0, 0.05) is 27.1 Å². The lowest BCUT2D eigenvalue weighted by molar-refractivity contribution is -0.132. The molecule has 94 valence electrons. The largest absolute Gasteiger partial charge is 0.359 e. The van der Waals surface area contributed by atoms with Crippen LogP contribution in [0.15, 0.2) is 0 Å². The Morgan fingerprint density at radius 2 is 2.06 bits per heavy atom. The molecular weight excluding hydrogens is 206 g/mol. The average Bonchev–Trinajstić information content (AvgIpc) is 2.31. The van der Waals surface area contributed by atoms with Gasteiger partial charge in [-0.3, -0.25) is 9.59 Å². The zero-order valence-electron chi connectivity index (χ0n) is 10.5. The number of amides is 2. The van der Waals surface area contributed by atoms with Crippen LogP contribution in [0.25, 0.3) is 0 Å². The number of nitrogens with zero attached hydrogens (tertiary/aromatic N) is 1. The van der Waals surface area contributed by atoms with E-state index >= 15 is 0 Å². The van der Waals surface area contributed by atoms with Crippen molar-refractivity contribution in [3.8, 4) is 0 Å². The first-order chi connectivity index (χ1) is 7.52. The first-order valence-corrected chi connectivity index (χ1v) is 5.74. The molecule has 0 aliphatic heterocycles. The standard InChI is InChI=1S/C11H23N3O2/c1-4-5-6-9(12)11(16)14(3)8-7-10(15)13-2/h9H,4-8,12H2,1-3H3,(H,13,15)/t9-/m0/s1. The molecule has 0 bridgehead atoms. The topological polar surface area (TPSA) is 75.4 Å². The molecule has 5 heteroatoms. The van der Waals surface area contributed by atoms with Crippen LogP contribution < -0.4 is 11.1 Å². The maximum absolute atomic E-state index is 11.7. The van der Waals surface area contributed by atoms with Gasteiger partial charge in [-0.1, -0.05) is 19.8 Å². The van der Waals surface area contributed by atoms with Crippen molar-refractivity contribution < 1.29 is 9.59 Å². The molecule has 16 heavy (non-hydrogen) atoms. The van der Waals surface area contributed by atoms with Crippen LogP contribution in [0.2, 0.25) is 0 Å². The Morgan fingerprint density at radius 1 is 1.44 bits per heavy atom. The van der Waals surface area contributed by atoms with Crippen LogP contribution in [0.1, 0.15) is 32.6 Å². The molecule has 0 aliphatic carbocycles. The Labute approximate surface area is 97.4 Å². The third-order valence-electron chi connectivity index (χ3n) is 2.52. The van der Waals surface area contributed by atoms with E-state index in [2.05, 4.69) is 12.2 Å². The van der Waals surface area contributed by atoms with Gasteiger partial charge in [-0.25, -0.2) is 0 Å². The molecule has 0 aromatic rings. The maximum Gasteiger partial charge on any atom is 0.239 e. The van der Waals surface area contributed by atoms with E-state index in [0.29, 0.717) is 19.4 Å². The molecule has 0 unspecified atom stereocenters. The van der Waals surface area contributed by atoms with Crippen molar-refractivity contribution in [2.75, 3.05) is 20.6 Å². The summed E-state index contributed by atoms with van der Waals surface area (Å²) in [7, 11) is 3.26. The van der Waals surface area contributed by atoms with Crippen molar-refractivity contribution >= 4 is 11.8 Å². The van der Waals surface area contributed by atoms with E-state index in [0.717, 1.165) is 12.8 Å². The van der Waals surface area contributed by atoms with Crippen LogP contribution in [0.4, 0.5) is 0 Å². The molecule has 1 atom stereocenters. The number of nitrogens with two attached hydrogens (primary N) is 1. The highest BCUT2D eigenvalue weighted by Gasteiger charge is 2.17. The number of nitrogens with one attached hydrogen (secondary N) is 1. The lowest BCUT2D eigenvalue weighted by Gasteiger charge is -2.20. The van der Waals surface area contributed by atoms with Gasteiger partial charge in [0.25, 0.3) is 0 Å². The Morgan fingerprint density at radius 3 is 2.56 bits per heavy atom. The van der Waals surface area contributed by atoms with Crippen LogP contribution >= 0.6 is 0 Å². The van der Waals surface area contributed by atoms with E-state index in [-0.39, 0.29) is 11.8 Å². The summed E-state index contributed by atoms with van der Waals surface area (Å²) in [5.74, 6) is -0.154. The third-order valence-corrected chi connectivity index (χ3v) is 2.52. The van der Waals surface area contributed by atoms with Gasteiger partial charge in [0.15, 0.2) is 0 Å². The van der Waals surface area contributed by atoms with Crippen molar-refractivity contribution in [2.24, 2.45) is 5.73 Å². The fraction of sp³-hybridized carbons (Fsp3) is 0.818. The highest BCUT2D eigenvalue weighted by molar-refractivity contribution is 5.82. The van der Waals surface area contributed by atoms with Crippen molar-refractivity contribution in [1.82, 2.24) is 10.2 Å². The molecule has 0 rings (SSSR count). The summed E-state index contributed by atoms with van der Waals surface area (Å²) in [6.07, 6.45) is 3.01. The molecule has 0 aromatic heterocycles. The molecule has 2 amide bonds. The predicted molar refractivity (Wildman–Crippen MR) is 63.8 cm³/mol. The molecule has 0 fully saturated rings. The first kappa shape index (κ1) is 14.9. The van der Waals surface area contributed by atoms with E-state index < -0.39 is 6.04 Å². The van der Waals surface area contributed by atoms with Gasteiger partial charge in [-0.05, 0) is 6.42 Å². The second kappa shape index (κ2) is 8.10. The molecule has 0 spiro atoms. The number of carbonyl (C=O) groups is 2. The lowest BCUT2D eigenvalue weighted by Crippen LogP contribution is -2.42. The molecule has 0 aromatic carbocycles. The van der Waals surface area contributed by atoms with E-state index in [1.54, 1.807) is 14.1 Å². The predicted octanol–water partition coefficient (Wildman–Crippen LogP) is 0.0984. The smallest absolute Gasteiger partial charge is 0.239 e. The minimum absolute atomic E-state index is 0.0678. The van der Waals surface area contributed by atoms with E-state index in [1.807, 2.05) is 0 Å². The Hall–Kier alpha value is -1.10. The number of likely N-dealkylation sites (N-methyl/N-ethyl adjacent to an activating group) is 1. The number of hydrogen-bond acceptors (Lipinski definition) is 3. The normalized spacial score (nSPS) is 12.0. The quantitative estimate of drug-likeness (QED) is 0.650. The third kappa shape index (κ3) is 5.70. The van der Waals surface area contributed by atoms with Gasteiger partial charge < -0.3 is 16.0 Å². The molecule has 0 saturated heterocycles. The molecular formula is C11H23N3O2. The molecule has 0 saturated carbocycles. The van der Waals surface area contributed by atoms with Crippen LogP contribution in [0, 0.1) is 0 Å². The zero-order chi connectivity index (χ0) is 12.6. The fourth-order valence-corrected chi connectivity index (χ4v) is 1.34. The molecule has 0 aliphatic rings. The minimum atomic E-state index is -0.436. The number of carbonyl (C=O) groups excluding carboxylic acids is 2. The zero-order valence-corrected chi connectivity index (χ0v) is 10.5. The minimum Gasteiger partial charge on any atom is -0.359 e. The van der Waals surface area contributed by atoms with Gasteiger partial charge in [0.2, 0.25) is 11.8 Å². The Balaban J connectivity index is 3.92. The van der Waals surface area contributed by atoms with Crippen LogP contribution in [-0.4, -0.2) is 43.4 Å². The van der Waals surface area contributed by atoms with Gasteiger partial charge in [0.05, 0.1) is 6.04 Å². The molecule has 3 N–H and O–H groups in total. The fourth-order valence-electron chi connectivity index (χ4n) is 1.34. The van der Waals surface area contributed by atoms with Gasteiger partial charge in [-0.15, -0.1) is 0 Å². The second-order valence-electron chi connectivity index (χ2n) is 3.93. The van der Waals surface area contributed by atoms with Crippen LogP contribution in [0.5, 0.6) is 0 Å². The Bertz CT molecular complexity index is 231. The summed E-state index contributed by atoms with van der Waals surface area (Å²) >= 11 is 0. The summed E-state index contributed by atoms with van der Waals surface area (Å²) in [5, 5.41) is 2.51. The number of unbranched alkanes of at least 4 members (excludes halogenated alkanes) is 1. The molecule has 5 nitrogen and oxygen atoms in total. The summed E-state index contributed by atoms with van der Waals surface area (Å²) in [6.45, 7) is 2.48. The summed E-state index contributed by atoms with van der Waals surface area (Å²) < 4.78 is 0. The van der Waals surface area contributed by atoms with Crippen molar-refractivity contribution in [3.05, 3.63) is 0 Å². The first-order valence-electron chi connectivity index (χ1n) is 5.74. The van der Waals surface area contributed by atoms with Crippen LogP contribution in [0.3, 0.4) is 0 Å². The van der Waals surface area contributed by atoms with Crippen LogP contribution in [-0.2, 0) is 9.59 Å². The number of rotatable bonds is 7. The lowest BCUT2D eigenvalue weighted by atomic mass is 10.1. The Kier molecular flexibility index (Phi) is 7.54. The SMILES string of the molecule is CCCC[C@H](N)C(=O)N(C)CCC(=O)NC. The van der Waals surface area contributed by atoms with Crippen molar-refractivity contribution in [3.63, 3.8) is 0 Å². The van der Waals surface area contributed by atoms with E-state index in [1.165, 1.54) is 4.90 Å². The summed E-state index contributed by atoms with van der Waals surface area (Å²) in [5.41, 5.74) is 5.75. The summed E-state index contributed by atoms with van der Waals surface area (Å²) in [6, 6.07) is -0.436. The summed E-state index contributed by atoms with van der Waals surface area (Å²) in [4.78, 5) is 24.2. The molecule has 0 heterocycles. The van der Waals surface area contributed by atoms with E-state index in [4.69, 9.17) is 5.73 Å². The van der Waals surface area contributed by atoms with Crippen molar-refractivity contribution in [1.29, 1.82) is 0 Å².